The van der Waals surface area contributed by atoms with E-state index >= 15 is 0 Å². The Kier molecular flexibility index (Phi) is 6.62. The molecule has 6 heterocycles. The first-order valence-corrected chi connectivity index (χ1v) is 12.7. The molecule has 31 heavy (non-hydrogen) atoms. The molecule has 6 fully saturated rings. The van der Waals surface area contributed by atoms with Crippen LogP contribution in [0.15, 0.2) is 10.2 Å². The molecule has 0 radical (unpaired) electrons. The highest BCUT2D eigenvalue weighted by atomic mass is 127. The molecular formula is C22H30ClIO7. The Hall–Kier alpha value is 0.0300. The van der Waals surface area contributed by atoms with Gasteiger partial charge < -0.3 is 28.4 Å². The number of hydrogen-bond acceptors (Lipinski definition) is 7. The van der Waals surface area contributed by atoms with Crippen LogP contribution in [0.3, 0.4) is 0 Å². The van der Waals surface area contributed by atoms with Gasteiger partial charge >= 0.3 is 5.97 Å². The fraction of sp³-hybridized carbons (Fsp3) is 0.864. The van der Waals surface area contributed by atoms with Gasteiger partial charge in [0.15, 0.2) is 0 Å². The lowest BCUT2D eigenvalue weighted by Crippen LogP contribution is -2.64. The average Bonchev–Trinajstić information content (AvgIpc) is 3.25. The molecule has 0 aromatic rings. The van der Waals surface area contributed by atoms with Gasteiger partial charge in [0.25, 0.3) is 0 Å². The molecule has 4 unspecified atom stereocenters. The number of fused-ring (bicyclic) bond motifs is 2. The third-order valence-electron chi connectivity index (χ3n) is 7.29. The zero-order chi connectivity index (χ0) is 21.8. The van der Waals surface area contributed by atoms with E-state index in [1.807, 2.05) is 0 Å². The number of ether oxygens (including phenoxy) is 6. The van der Waals surface area contributed by atoms with Crippen LogP contribution in [0.25, 0.3) is 0 Å². The van der Waals surface area contributed by atoms with Crippen LogP contribution in [-0.2, 0) is 33.2 Å². The zero-order valence-electron chi connectivity index (χ0n) is 17.7. The van der Waals surface area contributed by atoms with Crippen molar-refractivity contribution in [2.75, 3.05) is 13.7 Å². The van der Waals surface area contributed by atoms with Crippen LogP contribution in [0.5, 0.6) is 0 Å². The van der Waals surface area contributed by atoms with Gasteiger partial charge in [0, 0.05) is 11.8 Å². The molecule has 6 aliphatic heterocycles. The largest absolute Gasteiger partial charge is 0.469 e. The smallest absolute Gasteiger partial charge is 0.308 e. The quantitative estimate of drug-likeness (QED) is 0.265. The highest BCUT2D eigenvalue weighted by Crippen LogP contribution is 2.51. The van der Waals surface area contributed by atoms with Crippen molar-refractivity contribution < 1.29 is 33.2 Å². The van der Waals surface area contributed by atoms with E-state index in [-0.39, 0.29) is 66.6 Å². The van der Waals surface area contributed by atoms with Crippen LogP contribution in [0.4, 0.5) is 0 Å². The van der Waals surface area contributed by atoms with Crippen LogP contribution in [0.1, 0.15) is 44.9 Å². The minimum absolute atomic E-state index is 0.0146. The number of halogens is 2. The highest BCUT2D eigenvalue weighted by Gasteiger charge is 2.65. The number of carbonyl (C=O) groups excluding carboxylic acids is 1. The summed E-state index contributed by atoms with van der Waals surface area (Å²) in [6.07, 6.45) is 3.95. The Morgan fingerprint density at radius 2 is 1.94 bits per heavy atom. The SMILES string of the molecule is C=C(I)C[C@H](Cl)CC[C@]12COC3C4O[C@H](C1)[C@H](O2)C4O[C@H]1CCC(CC(=O)OC)O[C@H]31. The molecule has 0 aromatic heterocycles. The lowest BCUT2D eigenvalue weighted by atomic mass is 9.87. The molecule has 6 aliphatic rings. The number of methoxy groups -OCH3 is 1. The summed E-state index contributed by atoms with van der Waals surface area (Å²) >= 11 is 8.75. The Morgan fingerprint density at radius 1 is 1.16 bits per heavy atom. The molecule has 0 spiro atoms. The zero-order valence-corrected chi connectivity index (χ0v) is 20.6. The maximum absolute atomic E-state index is 11.7. The molecule has 7 nitrogen and oxygen atoms in total. The third-order valence-corrected chi connectivity index (χ3v) is 8.10. The standard InChI is InChI=1S/C22H30ClIO7/c1-11(24)7-12(23)5-6-22-9-15-18(31-22)20-21(30-15)19(27-10-22)17-14(29-20)4-3-13(28-17)8-16(25)26-2/h12-15,17-21H,1,3-10H2,2H3/t12-,13?,14+,15-,17+,18+,19?,20?,21?,22-/m1/s1. The van der Waals surface area contributed by atoms with E-state index < -0.39 is 5.60 Å². The van der Waals surface area contributed by atoms with E-state index in [1.165, 1.54) is 7.11 Å². The van der Waals surface area contributed by atoms with Crippen molar-refractivity contribution in [3.63, 3.8) is 0 Å². The highest BCUT2D eigenvalue weighted by molar-refractivity contribution is 14.1. The summed E-state index contributed by atoms with van der Waals surface area (Å²) in [7, 11) is 1.40. The number of alkyl halides is 1. The van der Waals surface area contributed by atoms with Gasteiger partial charge in [-0.25, -0.2) is 0 Å². The van der Waals surface area contributed by atoms with Gasteiger partial charge in [-0.2, -0.15) is 0 Å². The Bertz CT molecular complexity index is 722. The van der Waals surface area contributed by atoms with Gasteiger partial charge in [0.2, 0.25) is 0 Å². The summed E-state index contributed by atoms with van der Waals surface area (Å²) in [6.45, 7) is 4.45. The van der Waals surface area contributed by atoms with Crippen LogP contribution < -0.4 is 0 Å². The van der Waals surface area contributed by atoms with Crippen molar-refractivity contribution in [2.45, 2.75) is 105 Å². The van der Waals surface area contributed by atoms with Crippen LogP contribution in [-0.4, -0.2) is 79.5 Å². The molecule has 6 rings (SSSR count). The Labute approximate surface area is 201 Å². The van der Waals surface area contributed by atoms with Crippen LogP contribution >= 0.6 is 34.2 Å². The van der Waals surface area contributed by atoms with Gasteiger partial charge in [0.05, 0.1) is 44.1 Å². The first-order chi connectivity index (χ1) is 14.9. The molecule has 0 aromatic carbocycles. The van der Waals surface area contributed by atoms with E-state index in [0.717, 1.165) is 42.1 Å². The van der Waals surface area contributed by atoms with Crippen molar-refractivity contribution >= 4 is 40.2 Å². The monoisotopic (exact) mass is 568 g/mol. The van der Waals surface area contributed by atoms with Gasteiger partial charge in [-0.1, -0.05) is 6.58 Å². The summed E-state index contributed by atoms with van der Waals surface area (Å²) in [5.41, 5.74) is -0.409. The second kappa shape index (κ2) is 9.00. The van der Waals surface area contributed by atoms with Crippen LogP contribution in [0, 0.1) is 0 Å². The Balaban J connectivity index is 1.29. The maximum Gasteiger partial charge on any atom is 0.308 e. The van der Waals surface area contributed by atoms with Crippen molar-refractivity contribution in [1.82, 2.24) is 0 Å². The van der Waals surface area contributed by atoms with Crippen molar-refractivity contribution in [2.24, 2.45) is 0 Å². The van der Waals surface area contributed by atoms with Crippen molar-refractivity contribution in [1.29, 1.82) is 0 Å². The molecule has 174 valence electrons. The summed E-state index contributed by atoms with van der Waals surface area (Å²) < 4.78 is 38.1. The molecule has 6 saturated heterocycles. The predicted molar refractivity (Wildman–Crippen MR) is 120 cm³/mol. The predicted octanol–water partition coefficient (Wildman–Crippen LogP) is 3.28. The fourth-order valence-electron chi connectivity index (χ4n) is 5.85. The lowest BCUT2D eigenvalue weighted by Gasteiger charge is -2.50. The molecule has 0 aliphatic carbocycles. The maximum atomic E-state index is 11.7. The third kappa shape index (κ3) is 4.42. The first-order valence-electron chi connectivity index (χ1n) is 11.2. The number of esters is 1. The van der Waals surface area contributed by atoms with E-state index in [1.54, 1.807) is 0 Å². The van der Waals surface area contributed by atoms with Gasteiger partial charge in [-0.15, -0.1) is 11.6 Å². The summed E-state index contributed by atoms with van der Waals surface area (Å²) in [4.78, 5) is 11.7. The van der Waals surface area contributed by atoms with E-state index in [0.29, 0.717) is 6.61 Å². The molecule has 6 bridgehead atoms. The summed E-state index contributed by atoms with van der Waals surface area (Å²) in [5, 5.41) is 0.0304. The van der Waals surface area contributed by atoms with Gasteiger partial charge in [0.1, 0.15) is 30.5 Å². The number of rotatable bonds is 7. The molecule has 9 heteroatoms. The molecular weight excluding hydrogens is 539 g/mol. The fourth-order valence-corrected chi connectivity index (χ4v) is 6.93. The molecule has 0 saturated carbocycles. The second-order valence-electron chi connectivity index (χ2n) is 9.46. The van der Waals surface area contributed by atoms with E-state index in [4.69, 9.17) is 40.0 Å². The van der Waals surface area contributed by atoms with Crippen molar-refractivity contribution in [3.05, 3.63) is 10.2 Å². The minimum Gasteiger partial charge on any atom is -0.469 e. The van der Waals surface area contributed by atoms with E-state index in [2.05, 4.69) is 29.2 Å². The minimum atomic E-state index is -0.409. The number of hydrogen-bond donors (Lipinski definition) is 0. The van der Waals surface area contributed by atoms with E-state index in [9.17, 15) is 4.79 Å². The summed E-state index contributed by atoms with van der Waals surface area (Å²) in [5.74, 6) is -0.257. The average molecular weight is 569 g/mol. The first kappa shape index (κ1) is 22.8. The van der Waals surface area contributed by atoms with Crippen molar-refractivity contribution in [3.8, 4) is 0 Å². The Morgan fingerprint density at radius 3 is 2.71 bits per heavy atom. The number of allylic oxidation sites excluding steroid dienone is 1. The second-order valence-corrected chi connectivity index (χ2v) is 11.6. The van der Waals surface area contributed by atoms with Gasteiger partial charge in [-0.3, -0.25) is 4.79 Å². The normalized spacial score (nSPS) is 46.2. The summed E-state index contributed by atoms with van der Waals surface area (Å²) in [6, 6.07) is 0. The van der Waals surface area contributed by atoms with Gasteiger partial charge in [-0.05, 0) is 58.3 Å². The molecule has 0 N–H and O–H groups in total. The van der Waals surface area contributed by atoms with Crippen LogP contribution in [0.2, 0.25) is 0 Å². The molecule has 10 atom stereocenters. The lowest BCUT2D eigenvalue weighted by molar-refractivity contribution is -0.300. The topological polar surface area (TPSA) is 72.5 Å². The molecule has 0 amide bonds. The number of carbonyl (C=O) groups is 1.